The van der Waals surface area contributed by atoms with Crippen molar-refractivity contribution in [1.82, 2.24) is 0 Å². The maximum absolute atomic E-state index is 12.4. The van der Waals surface area contributed by atoms with Gasteiger partial charge in [-0.2, -0.15) is 0 Å². The third kappa shape index (κ3) is 4.79. The Kier molecular flexibility index (Phi) is 6.20. The first-order valence-corrected chi connectivity index (χ1v) is 9.30. The molecule has 0 saturated carbocycles. The zero-order chi connectivity index (χ0) is 18.5. The third-order valence-corrected chi connectivity index (χ3v) is 4.98. The highest BCUT2D eigenvalue weighted by molar-refractivity contribution is 9.10. The molecule has 0 heterocycles. The summed E-state index contributed by atoms with van der Waals surface area (Å²) in [5, 5.41) is 3.47. The summed E-state index contributed by atoms with van der Waals surface area (Å²) in [7, 11) is 0. The number of carbonyl (C=O) groups is 1. The molecule has 1 amide bonds. The first kappa shape index (κ1) is 18.8. The molecule has 1 N–H and O–H groups in total. The van der Waals surface area contributed by atoms with E-state index >= 15 is 0 Å². The molecule has 0 aliphatic heterocycles. The summed E-state index contributed by atoms with van der Waals surface area (Å²) in [6, 6.07) is 19.9. The van der Waals surface area contributed by atoms with Gasteiger partial charge in [0.15, 0.2) is 0 Å². The van der Waals surface area contributed by atoms with Gasteiger partial charge in [-0.15, -0.1) is 0 Å². The molecule has 0 radical (unpaired) electrons. The van der Waals surface area contributed by atoms with Crippen molar-refractivity contribution in [3.05, 3.63) is 92.4 Å². The number of ether oxygens (including phenoxy) is 1. The van der Waals surface area contributed by atoms with Crippen LogP contribution in [0.3, 0.4) is 0 Å². The van der Waals surface area contributed by atoms with Gasteiger partial charge in [-0.3, -0.25) is 4.79 Å². The number of hydrogen-bond donors (Lipinski definition) is 1. The van der Waals surface area contributed by atoms with Crippen molar-refractivity contribution in [2.45, 2.75) is 6.61 Å². The van der Waals surface area contributed by atoms with Crippen LogP contribution in [0.1, 0.15) is 15.9 Å². The summed E-state index contributed by atoms with van der Waals surface area (Å²) in [5.74, 6) is 0.528. The van der Waals surface area contributed by atoms with Gasteiger partial charge in [-0.1, -0.05) is 57.3 Å². The summed E-state index contributed by atoms with van der Waals surface area (Å²) >= 11 is 15.4. The fourth-order valence-electron chi connectivity index (χ4n) is 2.24. The average Bonchev–Trinajstić information content (AvgIpc) is 2.65. The van der Waals surface area contributed by atoms with E-state index in [1.54, 1.807) is 30.3 Å². The molecule has 0 fully saturated rings. The Hall–Kier alpha value is -2.01. The van der Waals surface area contributed by atoms with Gasteiger partial charge in [0.25, 0.3) is 5.91 Å². The Morgan fingerprint density at radius 2 is 1.65 bits per heavy atom. The second kappa shape index (κ2) is 8.58. The van der Waals surface area contributed by atoms with Gasteiger partial charge in [0.1, 0.15) is 12.4 Å². The minimum atomic E-state index is -0.255. The summed E-state index contributed by atoms with van der Waals surface area (Å²) < 4.78 is 6.72. The number of hydrogen-bond acceptors (Lipinski definition) is 2. The van der Waals surface area contributed by atoms with Crippen molar-refractivity contribution in [1.29, 1.82) is 0 Å². The highest BCUT2D eigenvalue weighted by Gasteiger charge is 2.10. The number of rotatable bonds is 5. The molecule has 26 heavy (non-hydrogen) atoms. The largest absolute Gasteiger partial charge is 0.489 e. The van der Waals surface area contributed by atoms with Crippen LogP contribution < -0.4 is 10.1 Å². The van der Waals surface area contributed by atoms with E-state index in [9.17, 15) is 4.79 Å². The summed E-state index contributed by atoms with van der Waals surface area (Å²) in [4.78, 5) is 12.4. The zero-order valence-corrected chi connectivity index (χ0v) is 16.6. The maximum Gasteiger partial charge on any atom is 0.255 e. The maximum atomic E-state index is 12.4. The molecule has 6 heteroatoms. The van der Waals surface area contributed by atoms with Crippen LogP contribution in [-0.2, 0) is 6.61 Å². The van der Waals surface area contributed by atoms with E-state index in [1.165, 1.54) is 0 Å². The molecule has 0 aliphatic rings. The van der Waals surface area contributed by atoms with Crippen molar-refractivity contribution in [2.24, 2.45) is 0 Å². The Bertz CT molecular complexity index is 912. The number of nitrogens with one attached hydrogen (secondary N) is 1. The van der Waals surface area contributed by atoms with Gasteiger partial charge < -0.3 is 10.1 Å². The highest BCUT2D eigenvalue weighted by Crippen LogP contribution is 2.29. The summed E-state index contributed by atoms with van der Waals surface area (Å²) in [5.41, 5.74) is 1.96. The van der Waals surface area contributed by atoms with Crippen LogP contribution in [0.4, 0.5) is 5.69 Å². The monoisotopic (exact) mass is 449 g/mol. The molecule has 3 aromatic carbocycles. The lowest BCUT2D eigenvalue weighted by Crippen LogP contribution is -2.12. The molecule has 0 spiro atoms. The van der Waals surface area contributed by atoms with Gasteiger partial charge in [-0.25, -0.2) is 0 Å². The molecule has 3 nitrogen and oxygen atoms in total. The number of benzene rings is 3. The lowest BCUT2D eigenvalue weighted by molar-refractivity contribution is 0.102. The van der Waals surface area contributed by atoms with Crippen LogP contribution in [0.25, 0.3) is 0 Å². The van der Waals surface area contributed by atoms with E-state index in [1.807, 2.05) is 36.4 Å². The highest BCUT2D eigenvalue weighted by atomic mass is 79.9. The van der Waals surface area contributed by atoms with Crippen LogP contribution in [0, 0.1) is 0 Å². The zero-order valence-electron chi connectivity index (χ0n) is 13.5. The molecular weight excluding hydrogens is 437 g/mol. The van der Waals surface area contributed by atoms with E-state index in [0.29, 0.717) is 27.9 Å². The van der Waals surface area contributed by atoms with E-state index < -0.39 is 0 Å². The predicted octanol–water partition coefficient (Wildman–Crippen LogP) is 6.59. The predicted molar refractivity (Wildman–Crippen MR) is 109 cm³/mol. The number of carbonyl (C=O) groups excluding carboxylic acids is 1. The van der Waals surface area contributed by atoms with Crippen molar-refractivity contribution in [3.63, 3.8) is 0 Å². The van der Waals surface area contributed by atoms with Crippen molar-refractivity contribution in [2.75, 3.05) is 5.32 Å². The molecule has 0 aromatic heterocycles. The molecule has 3 rings (SSSR count). The van der Waals surface area contributed by atoms with Crippen LogP contribution in [0.2, 0.25) is 10.0 Å². The van der Waals surface area contributed by atoms with Gasteiger partial charge in [0.2, 0.25) is 0 Å². The van der Waals surface area contributed by atoms with Crippen LogP contribution in [-0.4, -0.2) is 5.91 Å². The van der Waals surface area contributed by atoms with Crippen molar-refractivity contribution in [3.8, 4) is 5.75 Å². The Labute approximate surface area is 170 Å². The smallest absolute Gasteiger partial charge is 0.255 e. The average molecular weight is 451 g/mol. The van der Waals surface area contributed by atoms with Crippen molar-refractivity contribution >= 4 is 50.7 Å². The van der Waals surface area contributed by atoms with Gasteiger partial charge in [0.05, 0.1) is 15.7 Å². The normalized spacial score (nSPS) is 10.4. The van der Waals surface area contributed by atoms with E-state index in [4.69, 9.17) is 27.9 Å². The molecule has 3 aromatic rings. The minimum Gasteiger partial charge on any atom is -0.489 e. The van der Waals surface area contributed by atoms with Gasteiger partial charge >= 0.3 is 0 Å². The molecule has 0 unspecified atom stereocenters. The second-order valence-corrected chi connectivity index (χ2v) is 7.20. The standard InChI is InChI=1S/C20H14BrCl2NO2/c21-15-8-10-16(11-9-15)26-12-13-4-6-14(7-5-13)20(25)24-18-3-1-2-17(22)19(18)23/h1-11H,12H2,(H,24,25). The Balaban J connectivity index is 1.62. The van der Waals surface area contributed by atoms with E-state index in [0.717, 1.165) is 15.8 Å². The molecule has 0 aliphatic carbocycles. The fraction of sp³-hybridized carbons (Fsp3) is 0.0500. The van der Waals surface area contributed by atoms with E-state index in [2.05, 4.69) is 21.2 Å². The van der Waals surface area contributed by atoms with Gasteiger partial charge in [0, 0.05) is 10.0 Å². The minimum absolute atomic E-state index is 0.255. The topological polar surface area (TPSA) is 38.3 Å². The fourth-order valence-corrected chi connectivity index (χ4v) is 2.86. The quantitative estimate of drug-likeness (QED) is 0.476. The number of halogens is 3. The van der Waals surface area contributed by atoms with Crippen LogP contribution >= 0.6 is 39.1 Å². The Morgan fingerprint density at radius 3 is 2.35 bits per heavy atom. The van der Waals surface area contributed by atoms with Crippen LogP contribution in [0.5, 0.6) is 5.75 Å². The summed E-state index contributed by atoms with van der Waals surface area (Å²) in [6.45, 7) is 0.420. The molecular formula is C20H14BrCl2NO2. The molecule has 132 valence electrons. The van der Waals surface area contributed by atoms with Crippen molar-refractivity contribution < 1.29 is 9.53 Å². The van der Waals surface area contributed by atoms with Gasteiger partial charge in [-0.05, 0) is 54.1 Å². The lowest BCUT2D eigenvalue weighted by Gasteiger charge is -2.09. The molecule has 0 bridgehead atoms. The lowest BCUT2D eigenvalue weighted by atomic mass is 10.1. The second-order valence-electron chi connectivity index (χ2n) is 5.50. The first-order chi connectivity index (χ1) is 12.5. The van der Waals surface area contributed by atoms with E-state index in [-0.39, 0.29) is 5.91 Å². The molecule has 0 saturated heterocycles. The third-order valence-electron chi connectivity index (χ3n) is 3.64. The SMILES string of the molecule is O=C(Nc1cccc(Cl)c1Cl)c1ccc(COc2ccc(Br)cc2)cc1. The van der Waals surface area contributed by atoms with Crippen LogP contribution in [0.15, 0.2) is 71.2 Å². The first-order valence-electron chi connectivity index (χ1n) is 7.75. The molecule has 0 atom stereocenters. The summed E-state index contributed by atoms with van der Waals surface area (Å²) in [6.07, 6.45) is 0. The number of amides is 1. The Morgan fingerprint density at radius 1 is 0.962 bits per heavy atom. The number of anilines is 1.